The van der Waals surface area contributed by atoms with Crippen molar-refractivity contribution < 1.29 is 14.3 Å². The Morgan fingerprint density at radius 3 is 2.76 bits per heavy atom. The number of hydrogen-bond acceptors (Lipinski definition) is 7. The highest BCUT2D eigenvalue weighted by molar-refractivity contribution is 7.11. The fourth-order valence-corrected chi connectivity index (χ4v) is 6.13. The molecule has 1 aliphatic heterocycles. The third kappa shape index (κ3) is 4.68. The van der Waals surface area contributed by atoms with Crippen LogP contribution in [0, 0.1) is 5.92 Å². The van der Waals surface area contributed by atoms with Gasteiger partial charge in [0, 0.05) is 21.9 Å². The van der Waals surface area contributed by atoms with Gasteiger partial charge in [-0.2, -0.15) is 5.10 Å². The van der Waals surface area contributed by atoms with Crippen LogP contribution in [0.1, 0.15) is 45.4 Å². The van der Waals surface area contributed by atoms with Gasteiger partial charge < -0.3 is 4.74 Å². The van der Waals surface area contributed by atoms with E-state index in [-0.39, 0.29) is 33.6 Å². The smallest absolute Gasteiger partial charge is 0.340 e. The van der Waals surface area contributed by atoms with Gasteiger partial charge in [-0.3, -0.25) is 4.79 Å². The lowest BCUT2D eigenvalue weighted by molar-refractivity contribution is -0.136. The summed E-state index contributed by atoms with van der Waals surface area (Å²) in [5, 5.41) is 10.6. The maximum Gasteiger partial charge on any atom is 0.340 e. The molecule has 6 nitrogen and oxygen atoms in total. The van der Waals surface area contributed by atoms with Crippen LogP contribution in [0.4, 0.5) is 0 Å². The van der Waals surface area contributed by atoms with Gasteiger partial charge in [-0.25, -0.2) is 14.8 Å². The van der Waals surface area contributed by atoms with Gasteiger partial charge in [-0.05, 0) is 59.9 Å². The molecule has 1 saturated carbocycles. The van der Waals surface area contributed by atoms with E-state index in [0.29, 0.717) is 0 Å². The molecular weight excluding hydrogens is 513 g/mol. The van der Waals surface area contributed by atoms with Crippen LogP contribution in [0.25, 0.3) is 6.08 Å². The van der Waals surface area contributed by atoms with Crippen LogP contribution in [-0.2, 0) is 9.53 Å². The van der Waals surface area contributed by atoms with E-state index in [1.807, 2.05) is 29.0 Å². The Kier molecular flexibility index (Phi) is 6.83. The van der Waals surface area contributed by atoms with Gasteiger partial charge in [0.1, 0.15) is 5.15 Å². The SMILES string of the molecule is O=C(OCC(=O)N1N=C2/C(=C\c3cccs3)CCC[C@H]2[C@H]1c1cccs1)c1cnc(Cl)c(Cl)c1. The minimum absolute atomic E-state index is 0.0926. The Labute approximate surface area is 214 Å². The second-order valence-corrected chi connectivity index (χ2v) is 10.7. The quantitative estimate of drug-likeness (QED) is 0.278. The Hall–Kier alpha value is -2.52. The van der Waals surface area contributed by atoms with Crippen molar-refractivity contribution in [2.75, 3.05) is 6.61 Å². The lowest BCUT2D eigenvalue weighted by Gasteiger charge is -2.28. The number of carbonyl (C=O) groups excluding carboxylic acids is 2. The molecular formula is C24H19Cl2N3O3S2. The van der Waals surface area contributed by atoms with Gasteiger partial charge in [0.05, 0.1) is 22.3 Å². The molecule has 3 aromatic rings. The zero-order valence-corrected chi connectivity index (χ0v) is 21.0. The highest BCUT2D eigenvalue weighted by atomic mass is 35.5. The minimum atomic E-state index is -0.699. The molecule has 4 heterocycles. The molecule has 0 bridgehead atoms. The van der Waals surface area contributed by atoms with E-state index in [2.05, 4.69) is 17.1 Å². The summed E-state index contributed by atoms with van der Waals surface area (Å²) in [7, 11) is 0. The summed E-state index contributed by atoms with van der Waals surface area (Å²) in [6.45, 7) is -0.436. The van der Waals surface area contributed by atoms with Gasteiger partial charge >= 0.3 is 5.97 Å². The van der Waals surface area contributed by atoms with E-state index in [1.54, 1.807) is 22.7 Å². The summed E-state index contributed by atoms with van der Waals surface area (Å²) in [5.41, 5.74) is 2.24. The number of esters is 1. The number of amides is 1. The summed E-state index contributed by atoms with van der Waals surface area (Å²) in [6.07, 6.45) is 6.34. The van der Waals surface area contributed by atoms with Crippen LogP contribution in [0.3, 0.4) is 0 Å². The predicted molar refractivity (Wildman–Crippen MR) is 136 cm³/mol. The topological polar surface area (TPSA) is 71.9 Å². The maximum atomic E-state index is 13.2. The first-order valence-electron chi connectivity index (χ1n) is 10.7. The van der Waals surface area contributed by atoms with Crippen molar-refractivity contribution in [1.29, 1.82) is 0 Å². The molecule has 5 rings (SSSR count). The van der Waals surface area contributed by atoms with E-state index in [1.165, 1.54) is 22.1 Å². The van der Waals surface area contributed by atoms with E-state index in [4.69, 9.17) is 33.0 Å². The van der Waals surface area contributed by atoms with Crippen molar-refractivity contribution in [3.05, 3.63) is 78.4 Å². The van der Waals surface area contributed by atoms with Crippen molar-refractivity contribution in [3.8, 4) is 0 Å². The normalized spacial score (nSPS) is 20.8. The van der Waals surface area contributed by atoms with Gasteiger partial charge in [0.2, 0.25) is 0 Å². The Morgan fingerprint density at radius 1 is 1.21 bits per heavy atom. The number of carbonyl (C=O) groups is 2. The zero-order valence-electron chi connectivity index (χ0n) is 17.8. The minimum Gasteiger partial charge on any atom is -0.452 e. The summed E-state index contributed by atoms with van der Waals surface area (Å²) < 4.78 is 5.28. The van der Waals surface area contributed by atoms with E-state index >= 15 is 0 Å². The van der Waals surface area contributed by atoms with Crippen molar-refractivity contribution in [3.63, 3.8) is 0 Å². The molecule has 1 aliphatic carbocycles. The molecule has 2 aliphatic rings. The molecule has 3 aromatic heterocycles. The average Bonchev–Trinajstić information content (AvgIpc) is 3.60. The first-order chi connectivity index (χ1) is 16.5. The van der Waals surface area contributed by atoms with Crippen molar-refractivity contribution in [2.45, 2.75) is 25.3 Å². The third-order valence-electron chi connectivity index (χ3n) is 5.81. The fraction of sp³-hybridized carbons (Fsp3) is 0.250. The summed E-state index contributed by atoms with van der Waals surface area (Å²) >= 11 is 15.0. The molecule has 0 unspecified atom stereocenters. The first kappa shape index (κ1) is 23.2. The molecule has 2 atom stereocenters. The third-order valence-corrected chi connectivity index (χ3v) is 8.26. The van der Waals surface area contributed by atoms with Gasteiger partial charge in [-0.1, -0.05) is 35.3 Å². The standard InChI is InChI=1S/C24H19Cl2N3O3S2/c25-18-11-15(12-27-23(18)26)24(31)32-13-20(30)29-22(19-7-3-9-34-19)17-6-1-4-14(21(17)28-29)10-16-5-2-8-33-16/h2-3,5,7-12,17,22H,1,4,6,13H2/b14-10-/t17-,22+/m1/s1. The largest absolute Gasteiger partial charge is 0.452 e. The molecule has 0 N–H and O–H groups in total. The molecule has 34 heavy (non-hydrogen) atoms. The molecule has 1 amide bonds. The van der Waals surface area contributed by atoms with Gasteiger partial charge in [0.25, 0.3) is 5.91 Å². The van der Waals surface area contributed by atoms with Gasteiger partial charge in [0.15, 0.2) is 6.61 Å². The molecule has 174 valence electrons. The maximum absolute atomic E-state index is 13.2. The summed E-state index contributed by atoms with van der Waals surface area (Å²) in [4.78, 5) is 31.8. The highest BCUT2D eigenvalue weighted by Gasteiger charge is 2.44. The number of halogens is 2. The van der Waals surface area contributed by atoms with E-state index in [9.17, 15) is 9.59 Å². The number of thiophene rings is 2. The molecule has 1 fully saturated rings. The monoisotopic (exact) mass is 531 g/mol. The van der Waals surface area contributed by atoms with Crippen molar-refractivity contribution >= 4 is 69.5 Å². The molecule has 10 heteroatoms. The number of fused-ring (bicyclic) bond motifs is 1. The average molecular weight is 532 g/mol. The number of pyridine rings is 1. The van der Waals surface area contributed by atoms with Crippen LogP contribution in [0.2, 0.25) is 10.2 Å². The summed E-state index contributed by atoms with van der Waals surface area (Å²) in [5.74, 6) is -0.968. The van der Waals surface area contributed by atoms with Crippen LogP contribution < -0.4 is 0 Å². The molecule has 0 spiro atoms. The molecule has 0 saturated heterocycles. The summed E-state index contributed by atoms with van der Waals surface area (Å²) in [6, 6.07) is 9.26. The second-order valence-electron chi connectivity index (χ2n) is 7.94. The van der Waals surface area contributed by atoms with Crippen molar-refractivity contribution in [2.24, 2.45) is 11.0 Å². The van der Waals surface area contributed by atoms with Crippen molar-refractivity contribution in [1.82, 2.24) is 9.99 Å². The van der Waals surface area contributed by atoms with Crippen LogP contribution in [0.15, 0.2) is 58.0 Å². The number of allylic oxidation sites excluding steroid dienone is 1. The van der Waals surface area contributed by atoms with Crippen LogP contribution in [0.5, 0.6) is 0 Å². The number of ether oxygens (including phenoxy) is 1. The second kappa shape index (κ2) is 10.00. The number of nitrogens with zero attached hydrogens (tertiary/aromatic N) is 3. The highest BCUT2D eigenvalue weighted by Crippen LogP contribution is 2.45. The lowest BCUT2D eigenvalue weighted by Crippen LogP contribution is -2.34. The fourth-order valence-electron chi connectivity index (χ4n) is 4.30. The van der Waals surface area contributed by atoms with Crippen LogP contribution in [-0.4, -0.2) is 34.2 Å². The Bertz CT molecular complexity index is 1270. The predicted octanol–water partition coefficient (Wildman–Crippen LogP) is 6.49. The Morgan fingerprint density at radius 2 is 2.03 bits per heavy atom. The van der Waals surface area contributed by atoms with E-state index < -0.39 is 12.6 Å². The Balaban J connectivity index is 1.38. The molecule has 0 aromatic carbocycles. The lowest BCUT2D eigenvalue weighted by atomic mass is 9.79. The van der Waals surface area contributed by atoms with Gasteiger partial charge in [-0.15, -0.1) is 22.7 Å². The number of rotatable bonds is 5. The first-order valence-corrected chi connectivity index (χ1v) is 13.2. The number of hydrazone groups is 1. The number of hydrogen-bond donors (Lipinski definition) is 0. The number of aromatic nitrogens is 1. The molecule has 0 radical (unpaired) electrons. The zero-order chi connectivity index (χ0) is 23.7. The van der Waals surface area contributed by atoms with E-state index in [0.717, 1.165) is 35.4 Å². The van der Waals surface area contributed by atoms with Crippen LogP contribution >= 0.6 is 45.9 Å².